The molecule has 0 aromatic heterocycles. The number of hydrogen-bond donors (Lipinski definition) is 1. The average Bonchev–Trinajstić information content (AvgIpc) is 3.78. The summed E-state index contributed by atoms with van der Waals surface area (Å²) in [7, 11) is 1.69. The van der Waals surface area contributed by atoms with Crippen LogP contribution in [0.25, 0.3) is 0 Å². The molecule has 2 aromatic carbocycles. The number of fused-ring (bicyclic) bond motifs is 1. The lowest BCUT2D eigenvalue weighted by Crippen LogP contribution is -2.59. The molecule has 3 saturated heterocycles. The number of hydrogen-bond acceptors (Lipinski definition) is 7. The number of carbonyl (C=O) groups is 4. The minimum absolute atomic E-state index is 0.109. The maximum Gasteiger partial charge on any atom is 0.313 e. The zero-order valence-corrected chi connectivity index (χ0v) is 31.5. The molecule has 2 aromatic rings. The van der Waals surface area contributed by atoms with E-state index in [9.17, 15) is 19.5 Å². The van der Waals surface area contributed by atoms with Crippen LogP contribution in [0.5, 0.6) is 0 Å². The minimum Gasteiger partial charge on any atom is -0.455 e. The maximum atomic E-state index is 15.1. The second kappa shape index (κ2) is 16.2. The van der Waals surface area contributed by atoms with Gasteiger partial charge < -0.3 is 29.3 Å². The van der Waals surface area contributed by atoms with Gasteiger partial charge in [0.15, 0.2) is 0 Å². The highest BCUT2D eigenvalue weighted by molar-refractivity contribution is 6.05. The summed E-state index contributed by atoms with van der Waals surface area (Å²) >= 11 is 0. The second-order valence-corrected chi connectivity index (χ2v) is 15.1. The normalized spacial score (nSPS) is 25.0. The van der Waals surface area contributed by atoms with Crippen molar-refractivity contribution >= 4 is 29.4 Å². The van der Waals surface area contributed by atoms with Gasteiger partial charge in [-0.15, -0.1) is 13.2 Å². The highest BCUT2D eigenvalue weighted by Crippen LogP contribution is 2.59. The highest BCUT2D eigenvalue weighted by atomic mass is 16.6. The fraction of sp³-hybridized carbons (Fsp3) is 0.524. The third-order valence-electron chi connectivity index (χ3n) is 11.3. The fourth-order valence-electron chi connectivity index (χ4n) is 8.77. The lowest BCUT2D eigenvalue weighted by atomic mass is 9.70. The van der Waals surface area contributed by atoms with E-state index in [1.807, 2.05) is 83.1 Å². The van der Waals surface area contributed by atoms with Crippen LogP contribution in [0.2, 0.25) is 0 Å². The Morgan fingerprint density at radius 1 is 1.06 bits per heavy atom. The topological polar surface area (TPSA) is 117 Å². The minimum atomic E-state index is -1.30. The summed E-state index contributed by atoms with van der Waals surface area (Å²) in [5.41, 5.74) is 1.94. The molecule has 3 fully saturated rings. The standard InChI is InChI=1S/C42H55N3O7/c1-9-11-20-33(47)43(8)29(7)37(30-18-13-12-14-19-30)51-41(50)34-32-21-22-42(52-32)35(34)39(48)45(31(25-46)24-26(3)4)38(42)40(49)44(23-10-2)36-27(5)16-15-17-28(36)6/h9-10,12-19,26,29,31-32,34-35,37-38,46H,1-2,11,20-25H2,3-8H3/t29-,31+,32-,34+,35+,37+,38-,42+/m0/s1. The van der Waals surface area contributed by atoms with Crippen molar-refractivity contribution in [3.63, 3.8) is 0 Å². The third kappa shape index (κ3) is 7.07. The monoisotopic (exact) mass is 713 g/mol. The number of aliphatic hydroxyl groups is 1. The Balaban J connectivity index is 1.55. The number of likely N-dealkylation sites (tertiary alicyclic amines) is 1. The number of para-hydroxylation sites is 1. The van der Waals surface area contributed by atoms with Crippen LogP contribution in [0.15, 0.2) is 73.8 Å². The van der Waals surface area contributed by atoms with Gasteiger partial charge in [-0.25, -0.2) is 0 Å². The van der Waals surface area contributed by atoms with E-state index in [0.717, 1.165) is 16.8 Å². The van der Waals surface area contributed by atoms with E-state index in [1.54, 1.807) is 29.0 Å². The van der Waals surface area contributed by atoms with Crippen molar-refractivity contribution in [3.8, 4) is 0 Å². The van der Waals surface area contributed by atoms with Gasteiger partial charge in [0.2, 0.25) is 11.8 Å². The van der Waals surface area contributed by atoms with Gasteiger partial charge in [-0.3, -0.25) is 19.2 Å². The molecule has 3 heterocycles. The summed E-state index contributed by atoms with van der Waals surface area (Å²) in [5, 5.41) is 10.8. The van der Waals surface area contributed by atoms with Crippen molar-refractivity contribution in [2.45, 2.75) is 103 Å². The second-order valence-electron chi connectivity index (χ2n) is 15.1. The van der Waals surface area contributed by atoms with E-state index in [2.05, 4.69) is 13.2 Å². The molecule has 3 aliphatic rings. The molecule has 5 rings (SSSR count). The zero-order chi connectivity index (χ0) is 37.9. The molecule has 3 amide bonds. The van der Waals surface area contributed by atoms with E-state index in [1.165, 1.54) is 4.90 Å². The average molecular weight is 714 g/mol. The number of likely N-dealkylation sites (N-methyl/N-ethyl adjacent to an activating group) is 1. The van der Waals surface area contributed by atoms with Gasteiger partial charge in [-0.05, 0) is 69.1 Å². The third-order valence-corrected chi connectivity index (χ3v) is 11.3. The molecule has 2 bridgehead atoms. The Morgan fingerprint density at radius 3 is 2.33 bits per heavy atom. The number of allylic oxidation sites excluding steroid dienone is 1. The maximum absolute atomic E-state index is 15.1. The van der Waals surface area contributed by atoms with Gasteiger partial charge in [0.1, 0.15) is 17.7 Å². The zero-order valence-electron chi connectivity index (χ0n) is 31.5. The van der Waals surface area contributed by atoms with Gasteiger partial charge >= 0.3 is 5.97 Å². The molecular formula is C42H55N3O7. The molecule has 0 saturated carbocycles. The van der Waals surface area contributed by atoms with Gasteiger partial charge in [0, 0.05) is 25.7 Å². The lowest BCUT2D eigenvalue weighted by molar-refractivity contribution is -0.165. The first-order chi connectivity index (χ1) is 24.8. The molecule has 1 spiro atoms. The van der Waals surface area contributed by atoms with Crippen LogP contribution in [0.4, 0.5) is 5.69 Å². The van der Waals surface area contributed by atoms with E-state index in [4.69, 9.17) is 9.47 Å². The number of carbonyl (C=O) groups excluding carboxylic acids is 4. The van der Waals surface area contributed by atoms with Gasteiger partial charge in [0.05, 0.1) is 36.6 Å². The number of ether oxygens (including phenoxy) is 2. The number of nitrogens with zero attached hydrogens (tertiary/aromatic N) is 3. The number of benzene rings is 2. The van der Waals surface area contributed by atoms with Crippen molar-refractivity contribution in [1.82, 2.24) is 9.80 Å². The van der Waals surface area contributed by atoms with Crippen molar-refractivity contribution in [1.29, 1.82) is 0 Å². The van der Waals surface area contributed by atoms with Crippen LogP contribution in [-0.4, -0.2) is 88.6 Å². The summed E-state index contributed by atoms with van der Waals surface area (Å²) in [4.78, 5) is 62.5. The van der Waals surface area contributed by atoms with E-state index in [-0.39, 0.29) is 43.2 Å². The van der Waals surface area contributed by atoms with Crippen molar-refractivity contribution in [3.05, 3.63) is 90.5 Å². The first-order valence-corrected chi connectivity index (χ1v) is 18.5. The molecule has 8 atom stereocenters. The molecule has 0 radical (unpaired) electrons. The fourth-order valence-corrected chi connectivity index (χ4v) is 8.77. The number of anilines is 1. The molecule has 10 nitrogen and oxygen atoms in total. The van der Waals surface area contributed by atoms with Crippen molar-refractivity contribution < 1.29 is 33.8 Å². The van der Waals surface area contributed by atoms with Gasteiger partial charge in [0.25, 0.3) is 5.91 Å². The number of esters is 1. The summed E-state index contributed by atoms with van der Waals surface area (Å²) in [6.07, 6.45) is 4.01. The van der Waals surface area contributed by atoms with Gasteiger partial charge in [-0.2, -0.15) is 0 Å². The molecule has 0 aliphatic carbocycles. The number of rotatable bonds is 16. The first-order valence-electron chi connectivity index (χ1n) is 18.5. The van der Waals surface area contributed by atoms with Crippen molar-refractivity contribution in [2.24, 2.45) is 17.8 Å². The van der Waals surface area contributed by atoms with Gasteiger partial charge in [-0.1, -0.05) is 74.5 Å². The lowest BCUT2D eigenvalue weighted by Gasteiger charge is -2.40. The number of amides is 3. The summed E-state index contributed by atoms with van der Waals surface area (Å²) in [6.45, 7) is 17.2. The Kier molecular flexibility index (Phi) is 12.1. The molecule has 3 aliphatic heterocycles. The Labute approximate surface area is 308 Å². The van der Waals surface area contributed by atoms with Crippen LogP contribution < -0.4 is 4.90 Å². The van der Waals surface area contributed by atoms with Crippen LogP contribution in [-0.2, 0) is 28.7 Å². The quantitative estimate of drug-likeness (QED) is 0.175. The van der Waals surface area contributed by atoms with E-state index >= 15 is 4.79 Å². The smallest absolute Gasteiger partial charge is 0.313 e. The molecule has 10 heteroatoms. The van der Waals surface area contributed by atoms with Crippen LogP contribution >= 0.6 is 0 Å². The van der Waals surface area contributed by atoms with Crippen LogP contribution in [0.3, 0.4) is 0 Å². The molecule has 52 heavy (non-hydrogen) atoms. The first kappa shape index (κ1) is 38.9. The SMILES string of the molecule is C=CCCC(=O)N(C)[C@@H](C)[C@@H](OC(=O)[C@@H]1[C@@H]2CC[C@]3(O2)[C@H](C(=O)N(CC=C)c2c(C)cccc2C)N([C@@H](CO)CC(C)C)C(=O)[C@@H]13)c1ccccc1. The molecule has 1 N–H and O–H groups in total. The summed E-state index contributed by atoms with van der Waals surface area (Å²) < 4.78 is 13.1. The van der Waals surface area contributed by atoms with Crippen LogP contribution in [0.1, 0.15) is 75.7 Å². The number of aryl methyl sites for hydroxylation is 2. The molecule has 0 unspecified atom stereocenters. The molecular weight excluding hydrogens is 658 g/mol. The van der Waals surface area contributed by atoms with Crippen molar-refractivity contribution in [2.75, 3.05) is 25.1 Å². The summed E-state index contributed by atoms with van der Waals surface area (Å²) in [6, 6.07) is 12.8. The Bertz CT molecular complexity index is 1640. The largest absolute Gasteiger partial charge is 0.455 e. The predicted molar refractivity (Wildman–Crippen MR) is 200 cm³/mol. The van der Waals surface area contributed by atoms with E-state index < -0.39 is 53.7 Å². The van der Waals surface area contributed by atoms with E-state index in [0.29, 0.717) is 31.2 Å². The summed E-state index contributed by atoms with van der Waals surface area (Å²) in [5.74, 6) is -3.29. The Hall–Kier alpha value is -4.28. The number of aliphatic hydroxyl groups excluding tert-OH is 1. The predicted octanol–water partition coefficient (Wildman–Crippen LogP) is 5.70. The van der Waals surface area contributed by atoms with Crippen LogP contribution in [0, 0.1) is 31.6 Å². The Morgan fingerprint density at radius 2 is 1.73 bits per heavy atom. The highest BCUT2D eigenvalue weighted by Gasteiger charge is 2.76. The molecule has 280 valence electrons.